The Bertz CT molecular complexity index is 690. The molecule has 1 aromatic rings. The number of benzene rings is 1. The van der Waals surface area contributed by atoms with E-state index in [1.807, 2.05) is 11.9 Å². The Hall–Kier alpha value is -1.44. The maximum atomic E-state index is 12.6. The van der Waals surface area contributed by atoms with Gasteiger partial charge in [0.2, 0.25) is 10.0 Å². The number of hydrogen-bond donors (Lipinski definition) is 0. The van der Waals surface area contributed by atoms with Crippen LogP contribution in [-0.4, -0.2) is 62.9 Å². The van der Waals surface area contributed by atoms with Gasteiger partial charge in [0.25, 0.3) is 5.91 Å². The number of hydrogen-bond acceptors (Lipinski definition) is 4. The van der Waals surface area contributed by atoms with Crippen molar-refractivity contribution in [2.24, 2.45) is 0 Å². The number of carbonyl (C=O) groups excluding carboxylic acids is 1. The number of nitrogens with zero attached hydrogens (tertiary/aromatic N) is 2. The summed E-state index contributed by atoms with van der Waals surface area (Å²) < 4.78 is 31.6. The fourth-order valence-electron chi connectivity index (χ4n) is 3.53. The first-order valence-corrected chi connectivity index (χ1v) is 10.5. The molecule has 0 radical (unpaired) electrons. The molecule has 0 aromatic heterocycles. The summed E-state index contributed by atoms with van der Waals surface area (Å²) in [4.78, 5) is 14.4. The molecule has 0 bridgehead atoms. The molecule has 25 heavy (non-hydrogen) atoms. The summed E-state index contributed by atoms with van der Waals surface area (Å²) in [5, 5.41) is 0. The van der Waals surface area contributed by atoms with E-state index in [9.17, 15) is 13.2 Å². The van der Waals surface area contributed by atoms with Gasteiger partial charge in [0.1, 0.15) is 0 Å². The zero-order valence-corrected chi connectivity index (χ0v) is 15.5. The van der Waals surface area contributed by atoms with Crippen molar-refractivity contribution in [3.63, 3.8) is 0 Å². The van der Waals surface area contributed by atoms with Crippen LogP contribution in [-0.2, 0) is 20.5 Å². The summed E-state index contributed by atoms with van der Waals surface area (Å²) in [6.45, 7) is 1.70. The van der Waals surface area contributed by atoms with E-state index in [1.165, 1.54) is 17.1 Å². The quantitative estimate of drug-likeness (QED) is 0.798. The van der Waals surface area contributed by atoms with Gasteiger partial charge in [-0.15, -0.1) is 0 Å². The summed E-state index contributed by atoms with van der Waals surface area (Å²) in [7, 11) is -1.48. The summed E-state index contributed by atoms with van der Waals surface area (Å²) >= 11 is 0. The molecule has 0 unspecified atom stereocenters. The molecule has 2 aliphatic rings. The van der Waals surface area contributed by atoms with Crippen molar-refractivity contribution in [3.8, 4) is 0 Å². The second-order valence-corrected chi connectivity index (χ2v) is 8.79. The first-order valence-electron chi connectivity index (χ1n) is 8.89. The Morgan fingerprint density at radius 3 is 2.36 bits per heavy atom. The second kappa shape index (κ2) is 7.85. The smallest absolute Gasteiger partial charge is 0.253 e. The molecule has 1 heterocycles. The summed E-state index contributed by atoms with van der Waals surface area (Å²) in [5.41, 5.74) is 1.31. The lowest BCUT2D eigenvalue weighted by molar-refractivity contribution is 0.0729. The molecule has 0 atom stereocenters. The molecule has 1 amide bonds. The van der Waals surface area contributed by atoms with Crippen molar-refractivity contribution < 1.29 is 17.9 Å². The molecular weight excluding hydrogens is 340 g/mol. The third kappa shape index (κ3) is 4.40. The van der Waals surface area contributed by atoms with Gasteiger partial charge < -0.3 is 9.64 Å². The van der Waals surface area contributed by atoms with E-state index in [1.54, 1.807) is 24.3 Å². The SMILES string of the molecule is CN(C(=O)c1ccc(CS(=O)(=O)N2CCOCC2)cc1)C1CCCC1. The molecule has 1 aromatic carbocycles. The van der Waals surface area contributed by atoms with Crippen LogP contribution < -0.4 is 0 Å². The standard InChI is InChI=1S/C18H26N2O4S/c1-19(17-4-2-3-5-17)18(21)16-8-6-15(7-9-16)14-25(22,23)20-10-12-24-13-11-20/h6-9,17H,2-5,10-14H2,1H3. The van der Waals surface area contributed by atoms with Gasteiger partial charge in [-0.05, 0) is 30.5 Å². The molecular formula is C18H26N2O4S. The first-order chi connectivity index (χ1) is 12.0. The van der Waals surface area contributed by atoms with Crippen molar-refractivity contribution in [1.82, 2.24) is 9.21 Å². The molecule has 0 N–H and O–H groups in total. The van der Waals surface area contributed by atoms with Gasteiger partial charge in [0, 0.05) is 31.7 Å². The van der Waals surface area contributed by atoms with Crippen LogP contribution in [0.5, 0.6) is 0 Å². The Balaban J connectivity index is 1.64. The van der Waals surface area contributed by atoms with Crippen LogP contribution in [0.2, 0.25) is 0 Å². The highest BCUT2D eigenvalue weighted by atomic mass is 32.2. The van der Waals surface area contributed by atoms with E-state index < -0.39 is 10.0 Å². The number of ether oxygens (including phenoxy) is 1. The Kier molecular flexibility index (Phi) is 5.76. The average molecular weight is 366 g/mol. The van der Waals surface area contributed by atoms with Gasteiger partial charge in [-0.25, -0.2) is 8.42 Å². The van der Waals surface area contributed by atoms with E-state index in [-0.39, 0.29) is 11.7 Å². The lowest BCUT2D eigenvalue weighted by atomic mass is 10.1. The predicted molar refractivity (Wildman–Crippen MR) is 95.8 cm³/mol. The normalized spacial score (nSPS) is 19.9. The van der Waals surface area contributed by atoms with Crippen LogP contribution in [0.25, 0.3) is 0 Å². The van der Waals surface area contributed by atoms with E-state index in [0.29, 0.717) is 43.5 Å². The van der Waals surface area contributed by atoms with E-state index >= 15 is 0 Å². The third-order valence-corrected chi connectivity index (χ3v) is 6.96. The number of sulfonamides is 1. The van der Waals surface area contributed by atoms with Crippen molar-refractivity contribution in [2.75, 3.05) is 33.4 Å². The van der Waals surface area contributed by atoms with Gasteiger partial charge in [-0.1, -0.05) is 25.0 Å². The Morgan fingerprint density at radius 1 is 1.16 bits per heavy atom. The average Bonchev–Trinajstić information content (AvgIpc) is 3.16. The molecule has 2 fully saturated rings. The number of rotatable bonds is 5. The van der Waals surface area contributed by atoms with Gasteiger partial charge >= 0.3 is 0 Å². The van der Waals surface area contributed by atoms with Crippen LogP contribution in [0.3, 0.4) is 0 Å². The highest BCUT2D eigenvalue weighted by Crippen LogP contribution is 2.24. The fraction of sp³-hybridized carbons (Fsp3) is 0.611. The molecule has 3 rings (SSSR count). The van der Waals surface area contributed by atoms with Gasteiger partial charge in [0.15, 0.2) is 0 Å². The second-order valence-electron chi connectivity index (χ2n) is 6.82. The van der Waals surface area contributed by atoms with Gasteiger partial charge in [-0.3, -0.25) is 4.79 Å². The molecule has 1 aliphatic heterocycles. The maximum Gasteiger partial charge on any atom is 0.253 e. The van der Waals surface area contributed by atoms with Crippen LogP contribution in [0.4, 0.5) is 0 Å². The monoisotopic (exact) mass is 366 g/mol. The third-order valence-electron chi connectivity index (χ3n) is 5.11. The molecule has 1 aliphatic carbocycles. The van der Waals surface area contributed by atoms with Crippen molar-refractivity contribution in [3.05, 3.63) is 35.4 Å². The number of amides is 1. The van der Waals surface area contributed by atoms with E-state index in [2.05, 4.69) is 0 Å². The zero-order valence-electron chi connectivity index (χ0n) is 14.7. The predicted octanol–water partition coefficient (Wildman–Crippen LogP) is 1.86. The van der Waals surface area contributed by atoms with E-state index in [4.69, 9.17) is 4.74 Å². The van der Waals surface area contributed by atoms with Crippen LogP contribution in [0.15, 0.2) is 24.3 Å². The van der Waals surface area contributed by atoms with Crippen molar-refractivity contribution in [1.29, 1.82) is 0 Å². The highest BCUT2D eigenvalue weighted by Gasteiger charge is 2.26. The molecule has 7 heteroatoms. The van der Waals surface area contributed by atoms with Crippen LogP contribution >= 0.6 is 0 Å². The summed E-state index contributed by atoms with van der Waals surface area (Å²) in [6.07, 6.45) is 4.50. The summed E-state index contributed by atoms with van der Waals surface area (Å²) in [6, 6.07) is 7.28. The maximum absolute atomic E-state index is 12.6. The largest absolute Gasteiger partial charge is 0.379 e. The van der Waals surface area contributed by atoms with Crippen LogP contribution in [0.1, 0.15) is 41.6 Å². The minimum Gasteiger partial charge on any atom is -0.379 e. The minimum atomic E-state index is -3.34. The molecule has 1 saturated carbocycles. The van der Waals surface area contributed by atoms with Crippen molar-refractivity contribution in [2.45, 2.75) is 37.5 Å². The molecule has 138 valence electrons. The van der Waals surface area contributed by atoms with Crippen LogP contribution in [0, 0.1) is 0 Å². The molecule has 1 saturated heterocycles. The summed E-state index contributed by atoms with van der Waals surface area (Å²) in [5.74, 6) is -0.0329. The highest BCUT2D eigenvalue weighted by molar-refractivity contribution is 7.88. The number of morpholine rings is 1. The Labute approximate surface area is 149 Å². The van der Waals surface area contributed by atoms with Crippen molar-refractivity contribution >= 4 is 15.9 Å². The topological polar surface area (TPSA) is 66.9 Å². The zero-order chi connectivity index (χ0) is 17.9. The van der Waals surface area contributed by atoms with E-state index in [0.717, 1.165) is 12.8 Å². The molecule has 6 nitrogen and oxygen atoms in total. The van der Waals surface area contributed by atoms with Gasteiger partial charge in [0.05, 0.1) is 19.0 Å². The first kappa shape index (κ1) is 18.4. The van der Waals surface area contributed by atoms with Gasteiger partial charge in [-0.2, -0.15) is 4.31 Å². The molecule has 0 spiro atoms. The fourth-order valence-corrected chi connectivity index (χ4v) is 5.03. The lowest BCUT2D eigenvalue weighted by Crippen LogP contribution is -2.41. The number of carbonyl (C=O) groups is 1. The minimum absolute atomic E-state index is 0.00878. The Morgan fingerprint density at radius 2 is 1.76 bits per heavy atom. The lowest BCUT2D eigenvalue weighted by Gasteiger charge is -2.26.